The minimum absolute atomic E-state index is 0.751. The number of hydrogen-bond donors (Lipinski definition) is 0. The molecular weight excluding hydrogens is 124 g/mol. The second-order valence-corrected chi connectivity index (χ2v) is 3.07. The fourth-order valence-electron chi connectivity index (χ4n) is 1.21. The van der Waals surface area contributed by atoms with Crippen LogP contribution in [0.15, 0.2) is 16.4 Å². The Hall–Kier alpha value is -0.790. The first-order chi connectivity index (χ1) is 4.79. The number of hydrogen-bond acceptors (Lipinski definition) is 1. The van der Waals surface area contributed by atoms with Gasteiger partial charge in [0.2, 0.25) is 0 Å². The van der Waals surface area contributed by atoms with Gasteiger partial charge in [0.05, 0.1) is 11.4 Å². The Labute approximate surface area is 61.0 Å². The van der Waals surface area contributed by atoms with Crippen LogP contribution in [-0.4, -0.2) is 5.71 Å². The van der Waals surface area contributed by atoms with Crippen LogP contribution < -0.4 is 5.43 Å². The van der Waals surface area contributed by atoms with Gasteiger partial charge in [0, 0.05) is 5.92 Å². The standard InChI is InChI=1S/C8H11N2/c1-5-6(2)9-10-8(5)7-3-4-7/h7H,3-4H2,1-2H3. The third-order valence-corrected chi connectivity index (χ3v) is 2.20. The highest BCUT2D eigenvalue weighted by Crippen LogP contribution is 2.35. The third-order valence-electron chi connectivity index (χ3n) is 2.20. The molecule has 1 saturated carbocycles. The Kier molecular flexibility index (Phi) is 1.10. The molecule has 1 fully saturated rings. The molecule has 1 aliphatic heterocycles. The first-order valence-electron chi connectivity index (χ1n) is 3.75. The molecule has 0 atom stereocenters. The molecule has 0 aromatic carbocycles. The van der Waals surface area contributed by atoms with Crippen LogP contribution in [0, 0.1) is 5.92 Å². The van der Waals surface area contributed by atoms with E-state index in [1.807, 2.05) is 6.92 Å². The quantitative estimate of drug-likeness (QED) is 0.523. The summed E-state index contributed by atoms with van der Waals surface area (Å²) in [6, 6.07) is 0. The largest absolute Gasteiger partial charge is 0.155 e. The van der Waals surface area contributed by atoms with E-state index < -0.39 is 0 Å². The number of allylic oxidation sites excluding steroid dienone is 2. The molecule has 1 radical (unpaired) electrons. The van der Waals surface area contributed by atoms with Gasteiger partial charge in [0.25, 0.3) is 0 Å². The van der Waals surface area contributed by atoms with E-state index in [4.69, 9.17) is 0 Å². The maximum absolute atomic E-state index is 4.13. The Bertz CT molecular complexity index is 221. The van der Waals surface area contributed by atoms with Crippen molar-refractivity contribution >= 4 is 5.71 Å². The predicted octanol–water partition coefficient (Wildman–Crippen LogP) is 1.66. The van der Waals surface area contributed by atoms with Crippen molar-refractivity contribution in [1.29, 1.82) is 0 Å². The Morgan fingerprint density at radius 1 is 1.30 bits per heavy atom. The zero-order chi connectivity index (χ0) is 7.14. The maximum Gasteiger partial charge on any atom is 0.0709 e. The first-order valence-corrected chi connectivity index (χ1v) is 3.75. The van der Waals surface area contributed by atoms with Gasteiger partial charge in [0.1, 0.15) is 0 Å². The van der Waals surface area contributed by atoms with Gasteiger partial charge in [-0.1, -0.05) is 0 Å². The lowest BCUT2D eigenvalue weighted by atomic mass is 10.1. The molecular formula is C8H11N2. The van der Waals surface area contributed by atoms with Crippen molar-refractivity contribution in [3.63, 3.8) is 0 Å². The SMILES string of the molecule is CC1=C(C)C(C2CC2)=N[N]1. The van der Waals surface area contributed by atoms with Gasteiger partial charge in [-0.25, -0.2) is 0 Å². The van der Waals surface area contributed by atoms with Gasteiger partial charge in [-0.05, 0) is 32.3 Å². The van der Waals surface area contributed by atoms with Crippen molar-refractivity contribution in [1.82, 2.24) is 5.43 Å². The molecule has 0 saturated heterocycles. The van der Waals surface area contributed by atoms with Crippen LogP contribution in [0.2, 0.25) is 0 Å². The number of nitrogens with zero attached hydrogens (tertiary/aromatic N) is 2. The van der Waals surface area contributed by atoms with Crippen LogP contribution in [0.3, 0.4) is 0 Å². The molecule has 1 heterocycles. The normalized spacial score (nSPS) is 24.8. The van der Waals surface area contributed by atoms with E-state index in [-0.39, 0.29) is 0 Å². The van der Waals surface area contributed by atoms with Crippen LogP contribution >= 0.6 is 0 Å². The molecule has 0 unspecified atom stereocenters. The Balaban J connectivity index is 2.23. The van der Waals surface area contributed by atoms with Crippen molar-refractivity contribution in [3.8, 4) is 0 Å². The van der Waals surface area contributed by atoms with E-state index in [2.05, 4.69) is 17.5 Å². The number of rotatable bonds is 1. The average Bonchev–Trinajstić information content (AvgIpc) is 2.67. The predicted molar refractivity (Wildman–Crippen MR) is 40.7 cm³/mol. The maximum atomic E-state index is 4.13. The molecule has 0 aromatic heterocycles. The molecule has 10 heavy (non-hydrogen) atoms. The van der Waals surface area contributed by atoms with Gasteiger partial charge in [-0.2, -0.15) is 10.5 Å². The Morgan fingerprint density at radius 3 is 2.40 bits per heavy atom. The summed E-state index contributed by atoms with van der Waals surface area (Å²) in [4.78, 5) is 0. The molecule has 0 bridgehead atoms. The van der Waals surface area contributed by atoms with Crippen LogP contribution in [0.1, 0.15) is 26.7 Å². The third kappa shape index (κ3) is 0.753. The summed E-state index contributed by atoms with van der Waals surface area (Å²) >= 11 is 0. The Morgan fingerprint density at radius 2 is 2.00 bits per heavy atom. The average molecular weight is 135 g/mol. The van der Waals surface area contributed by atoms with E-state index in [0.29, 0.717) is 0 Å². The van der Waals surface area contributed by atoms with E-state index >= 15 is 0 Å². The van der Waals surface area contributed by atoms with Crippen molar-refractivity contribution in [2.24, 2.45) is 11.0 Å². The zero-order valence-corrected chi connectivity index (χ0v) is 6.39. The smallest absolute Gasteiger partial charge is 0.0709 e. The lowest BCUT2D eigenvalue weighted by Crippen LogP contribution is -1.98. The molecule has 53 valence electrons. The molecule has 2 rings (SSSR count). The highest BCUT2D eigenvalue weighted by atomic mass is 15.3. The first kappa shape index (κ1) is 5.96. The summed E-state index contributed by atoms with van der Waals surface area (Å²) in [5.41, 5.74) is 7.68. The van der Waals surface area contributed by atoms with Crippen molar-refractivity contribution in [2.75, 3.05) is 0 Å². The molecule has 2 heteroatoms. The van der Waals surface area contributed by atoms with Crippen LogP contribution in [-0.2, 0) is 0 Å². The summed E-state index contributed by atoms with van der Waals surface area (Å²) < 4.78 is 0. The van der Waals surface area contributed by atoms with Crippen LogP contribution in [0.5, 0.6) is 0 Å². The highest BCUT2D eigenvalue weighted by molar-refractivity contribution is 6.04. The van der Waals surface area contributed by atoms with Crippen LogP contribution in [0.25, 0.3) is 0 Å². The topological polar surface area (TPSA) is 26.5 Å². The second-order valence-electron chi connectivity index (χ2n) is 3.07. The summed E-state index contributed by atoms with van der Waals surface area (Å²) in [7, 11) is 0. The van der Waals surface area contributed by atoms with E-state index in [9.17, 15) is 0 Å². The minimum atomic E-state index is 0.751. The minimum Gasteiger partial charge on any atom is -0.155 e. The second kappa shape index (κ2) is 1.84. The van der Waals surface area contributed by atoms with Gasteiger partial charge < -0.3 is 0 Å². The molecule has 0 N–H and O–H groups in total. The highest BCUT2D eigenvalue weighted by Gasteiger charge is 2.31. The zero-order valence-electron chi connectivity index (χ0n) is 6.39. The summed E-state index contributed by atoms with van der Waals surface area (Å²) in [6.07, 6.45) is 2.64. The van der Waals surface area contributed by atoms with Gasteiger partial charge >= 0.3 is 0 Å². The molecule has 0 spiro atoms. The van der Waals surface area contributed by atoms with Crippen molar-refractivity contribution < 1.29 is 0 Å². The van der Waals surface area contributed by atoms with Gasteiger partial charge in [-0.3, -0.25) is 0 Å². The lowest BCUT2D eigenvalue weighted by Gasteiger charge is -1.94. The molecule has 2 aliphatic rings. The van der Waals surface area contributed by atoms with Gasteiger partial charge in [-0.15, -0.1) is 0 Å². The summed E-state index contributed by atoms with van der Waals surface area (Å²) in [5.74, 6) is 0.751. The summed E-state index contributed by atoms with van der Waals surface area (Å²) in [5, 5.41) is 4.13. The van der Waals surface area contributed by atoms with E-state index in [0.717, 1.165) is 11.6 Å². The van der Waals surface area contributed by atoms with Crippen molar-refractivity contribution in [3.05, 3.63) is 11.3 Å². The van der Waals surface area contributed by atoms with E-state index in [1.165, 1.54) is 24.1 Å². The molecule has 1 aliphatic carbocycles. The molecule has 0 amide bonds. The fourth-order valence-corrected chi connectivity index (χ4v) is 1.21. The monoisotopic (exact) mass is 135 g/mol. The fraction of sp³-hybridized carbons (Fsp3) is 0.625. The van der Waals surface area contributed by atoms with Gasteiger partial charge in [0.15, 0.2) is 0 Å². The van der Waals surface area contributed by atoms with Crippen LogP contribution in [0.4, 0.5) is 0 Å². The molecule has 2 nitrogen and oxygen atoms in total. The molecule has 0 aromatic rings. The lowest BCUT2D eigenvalue weighted by molar-refractivity contribution is 0.885. The van der Waals surface area contributed by atoms with E-state index in [1.54, 1.807) is 0 Å². The van der Waals surface area contributed by atoms with Crippen molar-refractivity contribution in [2.45, 2.75) is 26.7 Å². The summed E-state index contributed by atoms with van der Waals surface area (Å²) in [6.45, 7) is 4.14.